The number of rotatable bonds is 6. The van der Waals surface area contributed by atoms with Gasteiger partial charge in [0.2, 0.25) is 5.91 Å². The molecule has 0 saturated carbocycles. The Bertz CT molecular complexity index is 822. The lowest BCUT2D eigenvalue weighted by atomic mass is 10.0. The molecule has 0 radical (unpaired) electrons. The van der Waals surface area contributed by atoms with E-state index in [4.69, 9.17) is 5.11 Å². The molecule has 1 heterocycles. The first-order valence-electron chi connectivity index (χ1n) is 8.08. The second-order valence-electron chi connectivity index (χ2n) is 6.36. The molecule has 1 aromatic carbocycles. The lowest BCUT2D eigenvalue weighted by molar-refractivity contribution is -0.125. The summed E-state index contributed by atoms with van der Waals surface area (Å²) in [7, 11) is 0. The van der Waals surface area contributed by atoms with Crippen molar-refractivity contribution in [2.75, 3.05) is 0 Å². The molecule has 0 spiro atoms. The van der Waals surface area contributed by atoms with E-state index in [0.29, 0.717) is 0 Å². The van der Waals surface area contributed by atoms with Crippen LogP contribution in [0.25, 0.3) is 0 Å². The predicted molar refractivity (Wildman–Crippen MR) is 94.6 cm³/mol. The molecule has 25 heavy (non-hydrogen) atoms. The van der Waals surface area contributed by atoms with Gasteiger partial charge in [0.1, 0.15) is 6.04 Å². The minimum absolute atomic E-state index is 0.0612. The number of nitrogens with one attached hydrogen (secondary N) is 1. The minimum Gasteiger partial charge on any atom is -0.478 e. The molecular formula is C19H22N2O4. The van der Waals surface area contributed by atoms with E-state index in [0.717, 1.165) is 11.1 Å². The SMILES string of the molecule is Cc1ccc(=O)n(C(C(=O)NCc2ccc(C(=O)O)cc2)C(C)C)c1. The number of aryl methyl sites for hydroxylation is 1. The van der Waals surface area contributed by atoms with E-state index in [-0.39, 0.29) is 29.5 Å². The second kappa shape index (κ2) is 7.79. The Balaban J connectivity index is 2.14. The van der Waals surface area contributed by atoms with Crippen LogP contribution in [0.5, 0.6) is 0 Å². The molecule has 1 aromatic heterocycles. The van der Waals surface area contributed by atoms with Crippen molar-refractivity contribution < 1.29 is 14.7 Å². The topological polar surface area (TPSA) is 88.4 Å². The highest BCUT2D eigenvalue weighted by Gasteiger charge is 2.24. The zero-order chi connectivity index (χ0) is 18.6. The van der Waals surface area contributed by atoms with Crippen LogP contribution in [0.15, 0.2) is 47.4 Å². The Morgan fingerprint density at radius 1 is 1.12 bits per heavy atom. The quantitative estimate of drug-likeness (QED) is 0.843. The number of amides is 1. The van der Waals surface area contributed by atoms with Gasteiger partial charge < -0.3 is 15.0 Å². The van der Waals surface area contributed by atoms with E-state index in [9.17, 15) is 14.4 Å². The standard InChI is InChI=1S/C19H22N2O4/c1-12(2)17(21-11-13(3)4-9-16(21)22)18(23)20-10-14-5-7-15(8-6-14)19(24)25/h4-9,11-12,17H,10H2,1-3H3,(H,20,23)(H,24,25). The maximum absolute atomic E-state index is 12.6. The lowest BCUT2D eigenvalue weighted by Crippen LogP contribution is -2.39. The van der Waals surface area contributed by atoms with Crippen molar-refractivity contribution >= 4 is 11.9 Å². The summed E-state index contributed by atoms with van der Waals surface area (Å²) in [6, 6.07) is 8.88. The molecule has 2 aromatic rings. The molecule has 6 heteroatoms. The zero-order valence-electron chi connectivity index (χ0n) is 14.5. The van der Waals surface area contributed by atoms with Crippen molar-refractivity contribution in [2.45, 2.75) is 33.4 Å². The normalized spacial score (nSPS) is 12.0. The number of pyridine rings is 1. The van der Waals surface area contributed by atoms with Gasteiger partial charge in [-0.1, -0.05) is 32.0 Å². The van der Waals surface area contributed by atoms with Gasteiger partial charge in [-0.05, 0) is 36.1 Å². The third-order valence-corrected chi connectivity index (χ3v) is 3.95. The summed E-state index contributed by atoms with van der Waals surface area (Å²) in [5.41, 5.74) is 1.67. The number of nitrogens with zero attached hydrogens (tertiary/aromatic N) is 1. The highest BCUT2D eigenvalue weighted by Crippen LogP contribution is 2.17. The number of aromatic nitrogens is 1. The van der Waals surface area contributed by atoms with Gasteiger partial charge in [0.25, 0.3) is 5.56 Å². The van der Waals surface area contributed by atoms with E-state index >= 15 is 0 Å². The van der Waals surface area contributed by atoms with E-state index in [1.807, 2.05) is 20.8 Å². The molecule has 0 saturated heterocycles. The summed E-state index contributed by atoms with van der Waals surface area (Å²) in [4.78, 5) is 35.6. The molecule has 6 nitrogen and oxygen atoms in total. The van der Waals surface area contributed by atoms with Gasteiger partial charge in [0.15, 0.2) is 0 Å². The van der Waals surface area contributed by atoms with Gasteiger partial charge in [-0.15, -0.1) is 0 Å². The van der Waals surface area contributed by atoms with Crippen LogP contribution in [0.4, 0.5) is 0 Å². The van der Waals surface area contributed by atoms with Gasteiger partial charge in [0, 0.05) is 18.8 Å². The van der Waals surface area contributed by atoms with Crippen molar-refractivity contribution in [1.29, 1.82) is 0 Å². The number of carbonyl (C=O) groups is 2. The number of carboxylic acid groups (broad SMARTS) is 1. The van der Waals surface area contributed by atoms with E-state index in [1.54, 1.807) is 24.4 Å². The van der Waals surface area contributed by atoms with E-state index in [1.165, 1.54) is 22.8 Å². The Morgan fingerprint density at radius 3 is 2.32 bits per heavy atom. The first-order chi connectivity index (χ1) is 11.8. The molecule has 1 amide bonds. The molecule has 1 atom stereocenters. The van der Waals surface area contributed by atoms with Crippen molar-refractivity contribution in [3.05, 3.63) is 69.6 Å². The predicted octanol–water partition coefficient (Wildman–Crippen LogP) is 2.37. The molecule has 2 N–H and O–H groups in total. The fourth-order valence-corrected chi connectivity index (χ4v) is 2.64. The smallest absolute Gasteiger partial charge is 0.335 e. The Labute approximate surface area is 146 Å². The molecule has 0 bridgehead atoms. The maximum Gasteiger partial charge on any atom is 0.335 e. The van der Waals surface area contributed by atoms with Crippen LogP contribution < -0.4 is 10.9 Å². The van der Waals surface area contributed by atoms with Gasteiger partial charge in [-0.2, -0.15) is 0 Å². The largest absolute Gasteiger partial charge is 0.478 e. The molecule has 132 valence electrons. The number of hydrogen-bond acceptors (Lipinski definition) is 3. The third kappa shape index (κ3) is 4.56. The van der Waals surface area contributed by atoms with Crippen LogP contribution in [0.3, 0.4) is 0 Å². The van der Waals surface area contributed by atoms with Crippen molar-refractivity contribution in [2.24, 2.45) is 5.92 Å². The Hall–Kier alpha value is -2.89. The third-order valence-electron chi connectivity index (χ3n) is 3.95. The number of benzene rings is 1. The van der Waals surface area contributed by atoms with E-state index < -0.39 is 12.0 Å². The summed E-state index contributed by atoms with van der Waals surface area (Å²) in [5.74, 6) is -1.30. The van der Waals surface area contributed by atoms with E-state index in [2.05, 4.69) is 5.32 Å². The summed E-state index contributed by atoms with van der Waals surface area (Å²) < 4.78 is 1.46. The molecular weight excluding hydrogens is 320 g/mol. The van der Waals surface area contributed by atoms with Gasteiger partial charge in [-0.3, -0.25) is 9.59 Å². The summed E-state index contributed by atoms with van der Waals surface area (Å²) in [5, 5.41) is 11.7. The summed E-state index contributed by atoms with van der Waals surface area (Å²) >= 11 is 0. The van der Waals surface area contributed by atoms with Crippen LogP contribution in [0.1, 0.15) is 41.4 Å². The Kier molecular flexibility index (Phi) is 5.75. The first kappa shape index (κ1) is 18.4. The number of hydrogen-bond donors (Lipinski definition) is 2. The Morgan fingerprint density at radius 2 is 1.76 bits per heavy atom. The van der Waals surface area contributed by atoms with Crippen LogP contribution in [-0.2, 0) is 11.3 Å². The van der Waals surface area contributed by atoms with Crippen LogP contribution in [0.2, 0.25) is 0 Å². The van der Waals surface area contributed by atoms with Crippen molar-refractivity contribution in [1.82, 2.24) is 9.88 Å². The number of carbonyl (C=O) groups excluding carboxylic acids is 1. The molecule has 0 aliphatic heterocycles. The molecule has 1 unspecified atom stereocenters. The minimum atomic E-state index is -0.991. The molecule has 2 rings (SSSR count). The van der Waals surface area contributed by atoms with Crippen molar-refractivity contribution in [3.8, 4) is 0 Å². The fraction of sp³-hybridized carbons (Fsp3) is 0.316. The fourth-order valence-electron chi connectivity index (χ4n) is 2.64. The molecule has 0 aliphatic carbocycles. The summed E-state index contributed by atoms with van der Waals surface area (Å²) in [6.45, 7) is 5.92. The second-order valence-corrected chi connectivity index (χ2v) is 6.36. The molecule has 0 fully saturated rings. The van der Waals surface area contributed by atoms with Gasteiger partial charge in [-0.25, -0.2) is 4.79 Å². The summed E-state index contributed by atoms with van der Waals surface area (Å²) in [6.07, 6.45) is 1.69. The number of carboxylic acids is 1. The van der Waals surface area contributed by atoms with Gasteiger partial charge in [0.05, 0.1) is 5.56 Å². The average molecular weight is 342 g/mol. The van der Waals surface area contributed by atoms with Gasteiger partial charge >= 0.3 is 5.97 Å². The monoisotopic (exact) mass is 342 g/mol. The zero-order valence-corrected chi connectivity index (χ0v) is 14.5. The maximum atomic E-state index is 12.6. The van der Waals surface area contributed by atoms with Crippen LogP contribution in [0, 0.1) is 12.8 Å². The number of aromatic carboxylic acids is 1. The highest BCUT2D eigenvalue weighted by atomic mass is 16.4. The van der Waals surface area contributed by atoms with Crippen LogP contribution in [-0.4, -0.2) is 21.6 Å². The average Bonchev–Trinajstić information content (AvgIpc) is 2.56. The molecule has 0 aliphatic rings. The van der Waals surface area contributed by atoms with Crippen LogP contribution >= 0.6 is 0 Å². The lowest BCUT2D eigenvalue weighted by Gasteiger charge is -2.23. The van der Waals surface area contributed by atoms with Crippen molar-refractivity contribution in [3.63, 3.8) is 0 Å². The first-order valence-corrected chi connectivity index (χ1v) is 8.08. The highest BCUT2D eigenvalue weighted by molar-refractivity contribution is 5.87.